The third-order valence-corrected chi connectivity index (χ3v) is 8.75. The highest BCUT2D eigenvalue weighted by atomic mass is 79.9. The van der Waals surface area contributed by atoms with Crippen LogP contribution in [0.4, 0.5) is 0 Å². The summed E-state index contributed by atoms with van der Waals surface area (Å²) in [7, 11) is 0. The standard InChI is InChI=1S/C27H29BrN2O.C4H4S/c28-25-11-5-9-23-8-4-10-24(26(23)25)27(31)30-17-12-20(19-30)18-29-15-13-22(14-16-29)21-6-2-1-3-7-21;1-2-4-5-3-1/h1-11,20,22H,12-19H2;1-4H/t20-;/m1./s1. The van der Waals surface area contributed by atoms with Crippen molar-refractivity contribution in [2.75, 3.05) is 32.7 Å². The second-order valence-corrected chi connectivity index (χ2v) is 11.5. The number of piperidine rings is 1. The van der Waals surface area contributed by atoms with Gasteiger partial charge in [-0.25, -0.2) is 0 Å². The maximum atomic E-state index is 13.3. The lowest BCUT2D eigenvalue weighted by Gasteiger charge is -2.33. The number of halogens is 1. The summed E-state index contributed by atoms with van der Waals surface area (Å²) in [5, 5.41) is 6.22. The van der Waals surface area contributed by atoms with Crippen LogP contribution >= 0.6 is 27.3 Å². The second kappa shape index (κ2) is 12.2. The van der Waals surface area contributed by atoms with E-state index in [0.29, 0.717) is 11.8 Å². The molecule has 0 spiro atoms. The largest absolute Gasteiger partial charge is 0.338 e. The van der Waals surface area contributed by atoms with Crippen molar-refractivity contribution in [2.24, 2.45) is 5.92 Å². The van der Waals surface area contributed by atoms with E-state index in [9.17, 15) is 4.79 Å². The van der Waals surface area contributed by atoms with Crippen LogP contribution in [-0.4, -0.2) is 48.4 Å². The zero-order valence-electron chi connectivity index (χ0n) is 20.6. The zero-order chi connectivity index (χ0) is 24.7. The summed E-state index contributed by atoms with van der Waals surface area (Å²) in [5.74, 6) is 1.45. The van der Waals surface area contributed by atoms with Gasteiger partial charge in [-0.05, 0) is 78.0 Å². The zero-order valence-corrected chi connectivity index (χ0v) is 23.0. The van der Waals surface area contributed by atoms with E-state index >= 15 is 0 Å². The van der Waals surface area contributed by atoms with Crippen LogP contribution in [0.3, 0.4) is 0 Å². The van der Waals surface area contributed by atoms with Gasteiger partial charge >= 0.3 is 0 Å². The number of benzene rings is 3. The van der Waals surface area contributed by atoms with Crippen molar-refractivity contribution in [1.82, 2.24) is 9.80 Å². The van der Waals surface area contributed by atoms with Gasteiger partial charge in [0.25, 0.3) is 5.91 Å². The van der Waals surface area contributed by atoms with Gasteiger partial charge < -0.3 is 9.80 Å². The van der Waals surface area contributed by atoms with Gasteiger partial charge in [0, 0.05) is 35.1 Å². The van der Waals surface area contributed by atoms with Crippen LogP contribution in [0.5, 0.6) is 0 Å². The number of hydrogen-bond acceptors (Lipinski definition) is 3. The summed E-state index contributed by atoms with van der Waals surface area (Å²) >= 11 is 5.36. The van der Waals surface area contributed by atoms with Gasteiger partial charge in [-0.15, -0.1) is 0 Å². The normalized spacial score (nSPS) is 18.7. The van der Waals surface area contributed by atoms with E-state index in [0.717, 1.165) is 46.9 Å². The third kappa shape index (κ3) is 6.08. The molecule has 5 heteroatoms. The van der Waals surface area contributed by atoms with E-state index in [1.54, 1.807) is 11.3 Å². The van der Waals surface area contributed by atoms with Crippen LogP contribution in [0.1, 0.15) is 41.1 Å². The fourth-order valence-corrected chi connectivity index (χ4v) is 6.62. The number of rotatable bonds is 4. The van der Waals surface area contributed by atoms with Crippen molar-refractivity contribution in [1.29, 1.82) is 0 Å². The van der Waals surface area contributed by atoms with E-state index in [2.05, 4.69) is 68.2 Å². The maximum Gasteiger partial charge on any atom is 0.254 e. The lowest BCUT2D eigenvalue weighted by atomic mass is 9.89. The first kappa shape index (κ1) is 25.2. The highest BCUT2D eigenvalue weighted by molar-refractivity contribution is 9.10. The smallest absolute Gasteiger partial charge is 0.254 e. The molecule has 4 aromatic rings. The molecule has 0 saturated carbocycles. The Bertz CT molecular complexity index is 1230. The van der Waals surface area contributed by atoms with Crippen LogP contribution in [-0.2, 0) is 0 Å². The average Bonchev–Trinajstić information content (AvgIpc) is 3.65. The first-order valence-corrected chi connectivity index (χ1v) is 14.6. The minimum atomic E-state index is 0.169. The molecule has 6 rings (SSSR count). The molecule has 2 aliphatic rings. The minimum absolute atomic E-state index is 0.169. The van der Waals surface area contributed by atoms with Crippen molar-refractivity contribution in [2.45, 2.75) is 25.2 Å². The Balaban J connectivity index is 0.000000477. The molecule has 0 aliphatic carbocycles. The van der Waals surface area contributed by atoms with Gasteiger partial charge in [-0.1, -0.05) is 82.7 Å². The quantitative estimate of drug-likeness (QED) is 0.255. The van der Waals surface area contributed by atoms with Crippen LogP contribution in [0.15, 0.2) is 94.1 Å². The van der Waals surface area contributed by atoms with Crippen LogP contribution in [0.2, 0.25) is 0 Å². The van der Waals surface area contributed by atoms with Gasteiger partial charge in [-0.2, -0.15) is 11.3 Å². The summed E-state index contributed by atoms with van der Waals surface area (Å²) in [6, 6.07) is 27.1. The molecule has 1 atom stereocenters. The van der Waals surface area contributed by atoms with Crippen LogP contribution in [0, 0.1) is 5.92 Å². The Morgan fingerprint density at radius 1 is 0.833 bits per heavy atom. The molecule has 2 fully saturated rings. The van der Waals surface area contributed by atoms with Crippen molar-refractivity contribution >= 4 is 43.9 Å². The van der Waals surface area contributed by atoms with Gasteiger partial charge in [0.1, 0.15) is 0 Å². The molecular weight excluding hydrogens is 528 g/mol. The summed E-state index contributed by atoms with van der Waals surface area (Å²) in [4.78, 5) is 18.0. The van der Waals surface area contributed by atoms with Crippen molar-refractivity contribution in [3.63, 3.8) is 0 Å². The van der Waals surface area contributed by atoms with E-state index in [-0.39, 0.29) is 5.91 Å². The summed E-state index contributed by atoms with van der Waals surface area (Å²) in [6.07, 6.45) is 3.59. The number of nitrogens with zero attached hydrogens (tertiary/aromatic N) is 2. The fourth-order valence-electron chi connectivity index (χ4n) is 5.58. The van der Waals surface area contributed by atoms with E-state index in [1.807, 2.05) is 47.2 Å². The Labute approximate surface area is 226 Å². The molecule has 0 radical (unpaired) electrons. The lowest BCUT2D eigenvalue weighted by Crippen LogP contribution is -2.37. The molecule has 0 unspecified atom stereocenters. The molecule has 3 nitrogen and oxygen atoms in total. The monoisotopic (exact) mass is 560 g/mol. The number of carbonyl (C=O) groups excluding carboxylic acids is 1. The van der Waals surface area contributed by atoms with Crippen molar-refractivity contribution in [3.05, 3.63) is 105 Å². The highest BCUT2D eigenvalue weighted by Crippen LogP contribution is 2.31. The Kier molecular flexibility index (Phi) is 8.52. The Hall–Kier alpha value is -2.47. The number of hydrogen-bond donors (Lipinski definition) is 0. The van der Waals surface area contributed by atoms with Gasteiger partial charge in [0.2, 0.25) is 0 Å². The highest BCUT2D eigenvalue weighted by Gasteiger charge is 2.30. The predicted octanol–water partition coefficient (Wildman–Crippen LogP) is 7.69. The molecule has 2 saturated heterocycles. The number of fused-ring (bicyclic) bond motifs is 1. The number of carbonyl (C=O) groups is 1. The summed E-state index contributed by atoms with van der Waals surface area (Å²) < 4.78 is 0.992. The third-order valence-electron chi connectivity index (χ3n) is 7.46. The summed E-state index contributed by atoms with van der Waals surface area (Å²) in [6.45, 7) is 5.19. The predicted molar refractivity (Wildman–Crippen MR) is 155 cm³/mol. The SMILES string of the molecule is O=C(c1cccc2cccc(Br)c12)N1CC[C@H](CN2CCC(c3ccccc3)CC2)C1.c1ccsc1. The summed E-state index contributed by atoms with van der Waals surface area (Å²) in [5.41, 5.74) is 2.30. The van der Waals surface area contributed by atoms with Gasteiger partial charge in [0.15, 0.2) is 0 Å². The number of amides is 1. The van der Waals surface area contributed by atoms with E-state index in [4.69, 9.17) is 0 Å². The molecular formula is C31H33BrN2OS. The molecule has 0 bridgehead atoms. The van der Waals surface area contributed by atoms with Gasteiger partial charge in [0.05, 0.1) is 0 Å². The van der Waals surface area contributed by atoms with E-state index < -0.39 is 0 Å². The molecule has 3 aromatic carbocycles. The van der Waals surface area contributed by atoms with Crippen LogP contribution in [0.25, 0.3) is 10.8 Å². The maximum absolute atomic E-state index is 13.3. The first-order chi connectivity index (χ1) is 17.7. The first-order valence-electron chi connectivity index (χ1n) is 12.9. The Morgan fingerprint density at radius 2 is 1.56 bits per heavy atom. The molecule has 2 aliphatic heterocycles. The number of likely N-dealkylation sites (tertiary alicyclic amines) is 2. The molecule has 1 amide bonds. The van der Waals surface area contributed by atoms with Crippen molar-refractivity contribution < 1.29 is 4.79 Å². The number of thiophene rings is 1. The molecule has 186 valence electrons. The van der Waals surface area contributed by atoms with Gasteiger partial charge in [-0.3, -0.25) is 4.79 Å². The topological polar surface area (TPSA) is 23.6 Å². The molecule has 3 heterocycles. The Morgan fingerprint density at radius 3 is 2.25 bits per heavy atom. The average molecular weight is 562 g/mol. The molecule has 36 heavy (non-hydrogen) atoms. The fraction of sp³-hybridized carbons (Fsp3) is 0.323. The van der Waals surface area contributed by atoms with Crippen LogP contribution < -0.4 is 0 Å². The second-order valence-electron chi connectivity index (χ2n) is 9.83. The molecule has 1 aromatic heterocycles. The molecule has 0 N–H and O–H groups in total. The minimum Gasteiger partial charge on any atom is -0.338 e. The van der Waals surface area contributed by atoms with Crippen molar-refractivity contribution in [3.8, 4) is 0 Å². The lowest BCUT2D eigenvalue weighted by molar-refractivity contribution is 0.0784. The van der Waals surface area contributed by atoms with E-state index in [1.165, 1.54) is 31.5 Å².